The summed E-state index contributed by atoms with van der Waals surface area (Å²) in [5, 5.41) is 0.268. The molecule has 1 aromatic carbocycles. The predicted octanol–water partition coefficient (Wildman–Crippen LogP) is 2.34. The number of halogens is 1. The van der Waals surface area contributed by atoms with Crippen molar-refractivity contribution in [3.8, 4) is 0 Å². The molecule has 0 spiro atoms. The van der Waals surface area contributed by atoms with Gasteiger partial charge in [0.15, 0.2) is 0 Å². The van der Waals surface area contributed by atoms with Crippen molar-refractivity contribution < 1.29 is 14.3 Å². The van der Waals surface area contributed by atoms with Crippen LogP contribution in [-0.4, -0.2) is 36.0 Å². The van der Waals surface area contributed by atoms with E-state index in [4.69, 9.17) is 22.1 Å². The van der Waals surface area contributed by atoms with E-state index in [1.807, 2.05) is 13.8 Å². The highest BCUT2D eigenvalue weighted by Gasteiger charge is 2.25. The lowest BCUT2D eigenvalue weighted by molar-refractivity contribution is -0.144. The third kappa shape index (κ3) is 3.87. The van der Waals surface area contributed by atoms with Crippen LogP contribution in [0.3, 0.4) is 0 Å². The van der Waals surface area contributed by atoms with E-state index in [9.17, 15) is 9.59 Å². The normalized spacial score (nSPS) is 10.4. The minimum atomic E-state index is -0.458. The van der Waals surface area contributed by atoms with Crippen LogP contribution >= 0.6 is 11.6 Å². The first-order valence-corrected chi connectivity index (χ1v) is 6.76. The zero-order chi connectivity index (χ0) is 15.3. The molecule has 0 aliphatic rings. The first-order chi connectivity index (χ1) is 9.38. The molecule has 0 heterocycles. The van der Waals surface area contributed by atoms with Gasteiger partial charge in [-0.15, -0.1) is 0 Å². The molecule has 0 saturated carbocycles. The van der Waals surface area contributed by atoms with E-state index in [0.29, 0.717) is 0 Å². The molecular weight excluding hydrogens is 280 g/mol. The van der Waals surface area contributed by atoms with Gasteiger partial charge in [-0.2, -0.15) is 0 Å². The molecule has 2 N–H and O–H groups in total. The number of nitrogens with zero attached hydrogens (tertiary/aromatic N) is 1. The second kappa shape index (κ2) is 7.14. The molecule has 0 radical (unpaired) electrons. The second-order valence-corrected chi connectivity index (χ2v) is 4.94. The summed E-state index contributed by atoms with van der Waals surface area (Å²) in [4.78, 5) is 25.5. The molecule has 1 amide bonds. The Morgan fingerprint density at radius 1 is 1.40 bits per heavy atom. The summed E-state index contributed by atoms with van der Waals surface area (Å²) in [6, 6.07) is 4.68. The SMILES string of the molecule is CCOC(=O)CN(C(=O)c1c(N)cccc1Cl)C(C)C. The van der Waals surface area contributed by atoms with Crippen LogP contribution in [-0.2, 0) is 9.53 Å². The maximum Gasteiger partial charge on any atom is 0.325 e. The fraction of sp³-hybridized carbons (Fsp3) is 0.429. The van der Waals surface area contributed by atoms with E-state index in [2.05, 4.69) is 0 Å². The van der Waals surface area contributed by atoms with Crippen molar-refractivity contribution in [3.63, 3.8) is 0 Å². The van der Waals surface area contributed by atoms with Crippen molar-refractivity contribution in [2.24, 2.45) is 0 Å². The minimum absolute atomic E-state index is 0.130. The van der Waals surface area contributed by atoms with Gasteiger partial charge in [0.05, 0.1) is 17.2 Å². The minimum Gasteiger partial charge on any atom is -0.465 e. The van der Waals surface area contributed by atoms with Gasteiger partial charge in [0, 0.05) is 11.7 Å². The number of nitrogens with two attached hydrogens (primary N) is 1. The van der Waals surface area contributed by atoms with E-state index in [1.165, 1.54) is 4.90 Å². The molecule has 1 aromatic rings. The number of esters is 1. The molecule has 20 heavy (non-hydrogen) atoms. The Bertz CT molecular complexity index is 483. The van der Waals surface area contributed by atoms with Crippen molar-refractivity contribution in [2.75, 3.05) is 18.9 Å². The molecular formula is C14H19ClN2O3. The number of carbonyl (C=O) groups is 2. The van der Waals surface area contributed by atoms with E-state index < -0.39 is 5.97 Å². The molecule has 1 rings (SSSR count). The van der Waals surface area contributed by atoms with Crippen molar-refractivity contribution in [2.45, 2.75) is 26.8 Å². The third-order valence-corrected chi connectivity index (χ3v) is 3.06. The highest BCUT2D eigenvalue weighted by molar-refractivity contribution is 6.34. The number of anilines is 1. The Kier molecular flexibility index (Phi) is 5.82. The maximum absolute atomic E-state index is 12.5. The Morgan fingerprint density at radius 2 is 2.05 bits per heavy atom. The van der Waals surface area contributed by atoms with E-state index in [1.54, 1.807) is 25.1 Å². The molecule has 5 nitrogen and oxygen atoms in total. The Balaban J connectivity index is 3.03. The molecule has 0 aromatic heterocycles. The third-order valence-electron chi connectivity index (χ3n) is 2.75. The van der Waals surface area contributed by atoms with Crippen LogP contribution in [0.4, 0.5) is 5.69 Å². The van der Waals surface area contributed by atoms with Crippen LogP contribution in [0.1, 0.15) is 31.1 Å². The average molecular weight is 299 g/mol. The molecule has 0 aliphatic carbocycles. The van der Waals surface area contributed by atoms with Gasteiger partial charge in [0.25, 0.3) is 5.91 Å². The summed E-state index contributed by atoms with van der Waals surface area (Å²) in [7, 11) is 0. The largest absolute Gasteiger partial charge is 0.465 e. The smallest absolute Gasteiger partial charge is 0.325 e. The lowest BCUT2D eigenvalue weighted by atomic mass is 10.1. The van der Waals surface area contributed by atoms with Gasteiger partial charge in [-0.25, -0.2) is 0 Å². The van der Waals surface area contributed by atoms with Crippen LogP contribution in [0.15, 0.2) is 18.2 Å². The quantitative estimate of drug-likeness (QED) is 0.669. The molecule has 0 atom stereocenters. The van der Waals surface area contributed by atoms with Gasteiger partial charge in [-0.05, 0) is 32.9 Å². The Morgan fingerprint density at radius 3 is 2.55 bits per heavy atom. The number of nitrogen functional groups attached to an aromatic ring is 1. The van der Waals surface area contributed by atoms with E-state index in [0.717, 1.165) is 0 Å². The standard InChI is InChI=1S/C14H19ClN2O3/c1-4-20-12(18)8-17(9(2)3)14(19)13-10(15)6-5-7-11(13)16/h5-7,9H,4,8,16H2,1-3H3. The van der Waals surface area contributed by atoms with Gasteiger partial charge in [0.2, 0.25) is 0 Å². The number of carbonyl (C=O) groups excluding carboxylic acids is 2. The molecule has 0 aliphatic heterocycles. The fourth-order valence-corrected chi connectivity index (χ4v) is 2.01. The molecule has 110 valence electrons. The highest BCUT2D eigenvalue weighted by atomic mass is 35.5. The maximum atomic E-state index is 12.5. The van der Waals surface area contributed by atoms with Gasteiger partial charge in [-0.1, -0.05) is 17.7 Å². The number of benzene rings is 1. The van der Waals surface area contributed by atoms with Crippen molar-refractivity contribution >= 4 is 29.2 Å². The second-order valence-electron chi connectivity index (χ2n) is 4.54. The summed E-state index contributed by atoms with van der Waals surface area (Å²) < 4.78 is 4.87. The van der Waals surface area contributed by atoms with Crippen molar-refractivity contribution in [3.05, 3.63) is 28.8 Å². The van der Waals surface area contributed by atoms with Crippen LogP contribution in [0, 0.1) is 0 Å². The lowest BCUT2D eigenvalue weighted by Crippen LogP contribution is -2.41. The summed E-state index contributed by atoms with van der Waals surface area (Å²) in [5.74, 6) is -0.837. The average Bonchev–Trinajstić information content (AvgIpc) is 2.35. The molecule has 0 fully saturated rings. The summed E-state index contributed by atoms with van der Waals surface area (Å²) >= 11 is 6.03. The monoisotopic (exact) mass is 298 g/mol. The van der Waals surface area contributed by atoms with Crippen LogP contribution in [0.2, 0.25) is 5.02 Å². The molecule has 0 unspecified atom stereocenters. The van der Waals surface area contributed by atoms with Crippen molar-refractivity contribution in [1.29, 1.82) is 0 Å². The van der Waals surface area contributed by atoms with E-state index in [-0.39, 0.29) is 41.4 Å². The Hall–Kier alpha value is -1.75. The molecule has 0 saturated heterocycles. The molecule has 0 bridgehead atoms. The summed E-state index contributed by atoms with van der Waals surface area (Å²) in [6.07, 6.45) is 0. The van der Waals surface area contributed by atoms with Gasteiger partial charge < -0.3 is 15.4 Å². The zero-order valence-electron chi connectivity index (χ0n) is 11.9. The van der Waals surface area contributed by atoms with Gasteiger partial charge >= 0.3 is 5.97 Å². The first-order valence-electron chi connectivity index (χ1n) is 6.39. The Labute approximate surface area is 123 Å². The van der Waals surface area contributed by atoms with Crippen molar-refractivity contribution in [1.82, 2.24) is 4.90 Å². The van der Waals surface area contributed by atoms with Crippen LogP contribution in [0.25, 0.3) is 0 Å². The number of rotatable bonds is 5. The van der Waals surface area contributed by atoms with Crippen LogP contribution < -0.4 is 5.73 Å². The van der Waals surface area contributed by atoms with Gasteiger partial charge in [0.1, 0.15) is 6.54 Å². The van der Waals surface area contributed by atoms with Gasteiger partial charge in [-0.3, -0.25) is 9.59 Å². The topological polar surface area (TPSA) is 72.6 Å². The fourth-order valence-electron chi connectivity index (χ4n) is 1.74. The number of ether oxygens (including phenoxy) is 1. The summed E-state index contributed by atoms with van der Waals surface area (Å²) in [5.41, 5.74) is 6.31. The zero-order valence-corrected chi connectivity index (χ0v) is 12.6. The highest BCUT2D eigenvalue weighted by Crippen LogP contribution is 2.24. The number of amides is 1. The number of hydrogen-bond donors (Lipinski definition) is 1. The van der Waals surface area contributed by atoms with Crippen LogP contribution in [0.5, 0.6) is 0 Å². The number of hydrogen-bond acceptors (Lipinski definition) is 4. The van der Waals surface area contributed by atoms with E-state index >= 15 is 0 Å². The predicted molar refractivity (Wildman–Crippen MR) is 78.7 cm³/mol. The lowest BCUT2D eigenvalue weighted by Gasteiger charge is -2.26. The summed E-state index contributed by atoms with van der Waals surface area (Å²) in [6.45, 7) is 5.47. The molecule has 6 heteroatoms. The first kappa shape index (κ1) is 16.3.